The minimum Gasteiger partial charge on any atom is -0.451 e. The summed E-state index contributed by atoms with van der Waals surface area (Å²) in [5.74, 6) is -0.423. The minimum absolute atomic E-state index is 0.00107. The van der Waals surface area contributed by atoms with E-state index >= 15 is 0 Å². The second kappa shape index (κ2) is 9.04. The van der Waals surface area contributed by atoms with Gasteiger partial charge < -0.3 is 9.73 Å². The lowest BCUT2D eigenvalue weighted by Gasteiger charge is -2.30. The van der Waals surface area contributed by atoms with E-state index in [0.29, 0.717) is 22.5 Å². The summed E-state index contributed by atoms with van der Waals surface area (Å²) in [5, 5.41) is 4.01. The van der Waals surface area contributed by atoms with Crippen LogP contribution in [0.4, 0.5) is 0 Å². The van der Waals surface area contributed by atoms with Crippen molar-refractivity contribution in [2.75, 3.05) is 19.6 Å². The van der Waals surface area contributed by atoms with Crippen LogP contribution in [0.3, 0.4) is 0 Å². The van der Waals surface area contributed by atoms with Crippen molar-refractivity contribution in [1.29, 1.82) is 0 Å². The predicted octanol–water partition coefficient (Wildman–Crippen LogP) is 4.26. The van der Waals surface area contributed by atoms with E-state index in [4.69, 9.17) is 16.0 Å². The number of fused-ring (bicyclic) bond motifs is 1. The fourth-order valence-corrected chi connectivity index (χ4v) is 3.60. The molecule has 0 aliphatic rings. The number of hydrogen-bond acceptors (Lipinski definition) is 4. The Kier molecular flexibility index (Phi) is 6.49. The van der Waals surface area contributed by atoms with Crippen LogP contribution in [0.1, 0.15) is 36.0 Å². The van der Waals surface area contributed by atoms with Gasteiger partial charge in [0.25, 0.3) is 5.91 Å². The van der Waals surface area contributed by atoms with E-state index in [9.17, 15) is 9.59 Å². The molecule has 1 aromatic heterocycles. The third-order valence-electron chi connectivity index (χ3n) is 4.83. The lowest BCUT2D eigenvalue weighted by Crippen LogP contribution is -2.38. The molecule has 6 heteroatoms. The summed E-state index contributed by atoms with van der Waals surface area (Å²) in [5.41, 5.74) is 1.11. The fraction of sp³-hybridized carbons (Fsp3) is 0.273. The molecule has 146 valence electrons. The van der Waals surface area contributed by atoms with Crippen molar-refractivity contribution in [3.63, 3.8) is 0 Å². The van der Waals surface area contributed by atoms with Gasteiger partial charge in [-0.25, -0.2) is 0 Å². The van der Waals surface area contributed by atoms with E-state index in [-0.39, 0.29) is 17.2 Å². The van der Waals surface area contributed by atoms with Gasteiger partial charge in [0.2, 0.25) is 0 Å². The number of likely N-dealkylation sites (N-methyl/N-ethyl adjacent to an activating group) is 1. The third-order valence-corrected chi connectivity index (χ3v) is 5.18. The fourth-order valence-electron chi connectivity index (χ4n) is 3.34. The van der Waals surface area contributed by atoms with Gasteiger partial charge in [-0.05, 0) is 36.9 Å². The molecular formula is C22H23ClN2O3. The van der Waals surface area contributed by atoms with Crippen molar-refractivity contribution in [1.82, 2.24) is 10.2 Å². The summed E-state index contributed by atoms with van der Waals surface area (Å²) in [6, 6.07) is 15.7. The molecule has 0 saturated carbocycles. The van der Waals surface area contributed by atoms with Crippen LogP contribution in [0.15, 0.2) is 63.8 Å². The predicted molar refractivity (Wildman–Crippen MR) is 112 cm³/mol. The lowest BCUT2D eigenvalue weighted by atomic mass is 10.0. The van der Waals surface area contributed by atoms with Crippen molar-refractivity contribution in [3.05, 3.63) is 81.2 Å². The smallest absolute Gasteiger partial charge is 0.287 e. The molecule has 2 aromatic carbocycles. The number of rotatable bonds is 7. The Balaban J connectivity index is 1.84. The molecule has 1 atom stereocenters. The zero-order chi connectivity index (χ0) is 20.1. The number of carbonyl (C=O) groups excluding carboxylic acids is 1. The van der Waals surface area contributed by atoms with E-state index in [1.54, 1.807) is 24.3 Å². The average Bonchev–Trinajstić information content (AvgIpc) is 2.71. The van der Waals surface area contributed by atoms with Crippen LogP contribution in [0.5, 0.6) is 0 Å². The number of amides is 1. The standard InChI is InChI=1S/C22H23ClN2O3/c1-3-25(4-2)18(15-9-5-7-11-17(15)23)14-24-22(27)21-13-19(26)16-10-6-8-12-20(16)28-21/h5-13,18H,3-4,14H2,1-2H3,(H,24,27)/t18-/m1/s1. The summed E-state index contributed by atoms with van der Waals surface area (Å²) >= 11 is 6.40. The quantitative estimate of drug-likeness (QED) is 0.646. The van der Waals surface area contributed by atoms with Crippen LogP contribution in [0, 0.1) is 0 Å². The zero-order valence-electron chi connectivity index (χ0n) is 15.9. The molecule has 1 N–H and O–H groups in total. The van der Waals surface area contributed by atoms with Gasteiger partial charge in [0.1, 0.15) is 5.58 Å². The summed E-state index contributed by atoms with van der Waals surface area (Å²) < 4.78 is 5.63. The molecule has 0 bridgehead atoms. The number of halogens is 1. The molecular weight excluding hydrogens is 376 g/mol. The molecule has 0 saturated heterocycles. The first-order valence-corrected chi connectivity index (χ1v) is 9.72. The summed E-state index contributed by atoms with van der Waals surface area (Å²) in [4.78, 5) is 27.1. The van der Waals surface area contributed by atoms with Gasteiger partial charge in [-0.1, -0.05) is 55.8 Å². The maximum atomic E-state index is 12.7. The molecule has 1 heterocycles. The van der Waals surface area contributed by atoms with Crippen molar-refractivity contribution in [3.8, 4) is 0 Å². The lowest BCUT2D eigenvalue weighted by molar-refractivity contribution is 0.0908. The Bertz CT molecular complexity index is 1030. The molecule has 0 spiro atoms. The van der Waals surface area contributed by atoms with Crippen LogP contribution in [-0.2, 0) is 0 Å². The van der Waals surface area contributed by atoms with E-state index in [2.05, 4.69) is 24.1 Å². The van der Waals surface area contributed by atoms with Crippen LogP contribution in [0.2, 0.25) is 5.02 Å². The van der Waals surface area contributed by atoms with E-state index in [1.165, 1.54) is 6.07 Å². The second-order valence-electron chi connectivity index (χ2n) is 6.44. The van der Waals surface area contributed by atoms with Gasteiger partial charge in [0, 0.05) is 17.6 Å². The summed E-state index contributed by atoms with van der Waals surface area (Å²) in [6.45, 7) is 6.11. The van der Waals surface area contributed by atoms with Crippen LogP contribution >= 0.6 is 11.6 Å². The monoisotopic (exact) mass is 398 g/mol. The molecule has 0 aliphatic heterocycles. The summed E-state index contributed by atoms with van der Waals surface area (Å²) in [7, 11) is 0. The number of benzene rings is 2. The number of hydrogen-bond donors (Lipinski definition) is 1. The van der Waals surface area contributed by atoms with Gasteiger partial charge in [0.15, 0.2) is 11.2 Å². The molecule has 28 heavy (non-hydrogen) atoms. The van der Waals surface area contributed by atoms with Crippen molar-refractivity contribution >= 4 is 28.5 Å². The second-order valence-corrected chi connectivity index (χ2v) is 6.85. The van der Waals surface area contributed by atoms with E-state index in [1.807, 2.05) is 24.3 Å². The normalized spacial score (nSPS) is 12.3. The Morgan fingerprint density at radius 3 is 2.50 bits per heavy atom. The zero-order valence-corrected chi connectivity index (χ0v) is 16.7. The Morgan fingerprint density at radius 1 is 1.11 bits per heavy atom. The molecule has 3 aromatic rings. The molecule has 5 nitrogen and oxygen atoms in total. The first-order valence-electron chi connectivity index (χ1n) is 9.34. The highest BCUT2D eigenvalue weighted by Gasteiger charge is 2.22. The first-order chi connectivity index (χ1) is 13.5. The highest BCUT2D eigenvalue weighted by atomic mass is 35.5. The SMILES string of the molecule is CCN(CC)[C@H](CNC(=O)c1cc(=O)c2ccccc2o1)c1ccccc1Cl. The Hall–Kier alpha value is -2.63. The molecule has 1 amide bonds. The van der Waals surface area contributed by atoms with Crippen LogP contribution in [-0.4, -0.2) is 30.4 Å². The number of para-hydroxylation sites is 1. The largest absolute Gasteiger partial charge is 0.451 e. The van der Waals surface area contributed by atoms with Gasteiger partial charge in [-0.2, -0.15) is 0 Å². The first kappa shape index (κ1) is 20.1. The number of nitrogens with zero attached hydrogens (tertiary/aromatic N) is 1. The number of carbonyl (C=O) groups is 1. The van der Waals surface area contributed by atoms with E-state index in [0.717, 1.165) is 18.7 Å². The van der Waals surface area contributed by atoms with Gasteiger partial charge in [0.05, 0.1) is 11.4 Å². The maximum absolute atomic E-state index is 12.7. The Morgan fingerprint density at radius 2 is 1.79 bits per heavy atom. The highest BCUT2D eigenvalue weighted by molar-refractivity contribution is 6.31. The van der Waals surface area contributed by atoms with Gasteiger partial charge >= 0.3 is 0 Å². The molecule has 0 unspecified atom stereocenters. The average molecular weight is 399 g/mol. The third kappa shape index (κ3) is 4.26. The number of nitrogens with one attached hydrogen (secondary N) is 1. The molecule has 3 rings (SSSR count). The highest BCUT2D eigenvalue weighted by Crippen LogP contribution is 2.27. The van der Waals surface area contributed by atoms with Gasteiger partial charge in [-0.15, -0.1) is 0 Å². The summed E-state index contributed by atoms with van der Waals surface area (Å²) in [6.07, 6.45) is 0. The molecule has 0 radical (unpaired) electrons. The van der Waals surface area contributed by atoms with Crippen molar-refractivity contribution < 1.29 is 9.21 Å². The minimum atomic E-state index is -0.424. The molecule has 0 fully saturated rings. The topological polar surface area (TPSA) is 62.6 Å². The van der Waals surface area contributed by atoms with Crippen molar-refractivity contribution in [2.45, 2.75) is 19.9 Å². The van der Waals surface area contributed by atoms with Crippen LogP contribution in [0.25, 0.3) is 11.0 Å². The van der Waals surface area contributed by atoms with Crippen LogP contribution < -0.4 is 10.7 Å². The molecule has 0 aliphatic carbocycles. The Labute approximate surface area is 168 Å². The van der Waals surface area contributed by atoms with E-state index < -0.39 is 5.91 Å². The van der Waals surface area contributed by atoms with Crippen molar-refractivity contribution in [2.24, 2.45) is 0 Å². The van der Waals surface area contributed by atoms with Gasteiger partial charge in [-0.3, -0.25) is 14.5 Å². The maximum Gasteiger partial charge on any atom is 0.287 e.